The van der Waals surface area contributed by atoms with Crippen LogP contribution in [0.15, 0.2) is 29.5 Å². The molecular formula is C11H15N3S. The minimum atomic E-state index is 0.0653. The van der Waals surface area contributed by atoms with Gasteiger partial charge >= 0.3 is 0 Å². The maximum Gasteiger partial charge on any atom is 0.161 e. The molecule has 1 N–H and O–H groups in total. The van der Waals surface area contributed by atoms with Crippen molar-refractivity contribution in [3.05, 3.63) is 24.5 Å². The molecule has 0 bridgehead atoms. The Balaban J connectivity index is 2.10. The predicted molar refractivity (Wildman–Crippen MR) is 66.4 cm³/mol. The average molecular weight is 221 g/mol. The molecule has 0 aromatic carbocycles. The van der Waals surface area contributed by atoms with Crippen LogP contribution in [0.3, 0.4) is 0 Å². The van der Waals surface area contributed by atoms with Crippen molar-refractivity contribution in [3.63, 3.8) is 0 Å². The number of amidine groups is 1. The monoisotopic (exact) mass is 221 g/mol. The topological polar surface area (TPSA) is 37.3 Å². The van der Waals surface area contributed by atoms with Crippen LogP contribution in [0.4, 0.5) is 5.69 Å². The number of nitrogens with one attached hydrogen (secondary N) is 1. The molecule has 0 aliphatic carbocycles. The number of aliphatic imine (C=N–C) groups is 1. The highest BCUT2D eigenvalue weighted by Crippen LogP contribution is 2.26. The van der Waals surface area contributed by atoms with Gasteiger partial charge in [-0.2, -0.15) is 0 Å². The van der Waals surface area contributed by atoms with E-state index in [4.69, 9.17) is 0 Å². The molecule has 0 saturated carbocycles. The lowest BCUT2D eigenvalue weighted by molar-refractivity contribution is 0.507. The van der Waals surface area contributed by atoms with Crippen LogP contribution in [0.25, 0.3) is 0 Å². The van der Waals surface area contributed by atoms with E-state index >= 15 is 0 Å². The number of pyridine rings is 1. The van der Waals surface area contributed by atoms with Crippen molar-refractivity contribution in [2.45, 2.75) is 25.8 Å². The summed E-state index contributed by atoms with van der Waals surface area (Å²) in [5.74, 6) is 1.12. The number of aromatic nitrogens is 1. The summed E-state index contributed by atoms with van der Waals surface area (Å²) >= 11 is 1.77. The Hall–Kier alpha value is -1.03. The first-order chi connectivity index (χ1) is 7.16. The molecule has 1 aliphatic heterocycles. The molecule has 0 atom stereocenters. The van der Waals surface area contributed by atoms with E-state index in [1.165, 1.54) is 0 Å². The van der Waals surface area contributed by atoms with Crippen molar-refractivity contribution in [1.82, 2.24) is 4.98 Å². The first-order valence-corrected chi connectivity index (χ1v) is 6.04. The molecule has 1 aromatic heterocycles. The van der Waals surface area contributed by atoms with Gasteiger partial charge in [0.1, 0.15) is 0 Å². The summed E-state index contributed by atoms with van der Waals surface area (Å²) in [6.45, 7) is 4.33. The molecule has 0 spiro atoms. The number of anilines is 1. The zero-order chi connectivity index (χ0) is 10.7. The van der Waals surface area contributed by atoms with Gasteiger partial charge < -0.3 is 5.32 Å². The minimum Gasteiger partial charge on any atom is -0.334 e. The Morgan fingerprint density at radius 3 is 3.00 bits per heavy atom. The number of hydrogen-bond donors (Lipinski definition) is 1. The largest absolute Gasteiger partial charge is 0.334 e. The van der Waals surface area contributed by atoms with Crippen molar-refractivity contribution >= 4 is 22.6 Å². The fourth-order valence-electron chi connectivity index (χ4n) is 1.38. The molecule has 15 heavy (non-hydrogen) atoms. The van der Waals surface area contributed by atoms with E-state index in [1.54, 1.807) is 18.0 Å². The molecule has 4 heteroatoms. The lowest BCUT2D eigenvalue weighted by Crippen LogP contribution is -2.27. The number of thioether (sulfide) groups is 1. The van der Waals surface area contributed by atoms with E-state index in [9.17, 15) is 0 Å². The molecule has 2 heterocycles. The Labute approximate surface area is 94.4 Å². The Bertz CT molecular complexity index is 359. The highest BCUT2D eigenvalue weighted by molar-refractivity contribution is 8.14. The molecule has 1 aliphatic rings. The summed E-state index contributed by atoms with van der Waals surface area (Å²) in [5.41, 5.74) is 1.07. The maximum absolute atomic E-state index is 4.65. The predicted octanol–water partition coefficient (Wildman–Crippen LogP) is 2.77. The van der Waals surface area contributed by atoms with Crippen LogP contribution < -0.4 is 5.32 Å². The molecule has 80 valence electrons. The lowest BCUT2D eigenvalue weighted by atomic mass is 10.0. The van der Waals surface area contributed by atoms with Gasteiger partial charge in [0.15, 0.2) is 5.17 Å². The Morgan fingerprint density at radius 2 is 2.33 bits per heavy atom. The molecule has 0 fully saturated rings. The second-order valence-corrected chi connectivity index (χ2v) is 5.28. The van der Waals surface area contributed by atoms with Crippen LogP contribution in [-0.4, -0.2) is 21.4 Å². The van der Waals surface area contributed by atoms with E-state index in [0.29, 0.717) is 0 Å². The first-order valence-electron chi connectivity index (χ1n) is 5.05. The standard InChI is InChI=1S/C11H15N3S/c1-11(2)5-7-15-10(14-11)13-9-4-3-6-12-8-9/h3-4,6,8H,5,7H2,1-2H3,(H,13,14). The van der Waals surface area contributed by atoms with E-state index < -0.39 is 0 Å². The molecule has 2 rings (SSSR count). The first kappa shape index (κ1) is 10.5. The smallest absolute Gasteiger partial charge is 0.161 e. The van der Waals surface area contributed by atoms with Crippen molar-refractivity contribution in [3.8, 4) is 0 Å². The summed E-state index contributed by atoms with van der Waals surface area (Å²) < 4.78 is 0. The molecule has 0 amide bonds. The van der Waals surface area contributed by atoms with Crippen molar-refractivity contribution in [2.24, 2.45) is 4.99 Å². The quantitative estimate of drug-likeness (QED) is 0.792. The molecule has 0 unspecified atom stereocenters. The van der Waals surface area contributed by atoms with E-state index in [0.717, 1.165) is 23.0 Å². The minimum absolute atomic E-state index is 0.0653. The summed E-state index contributed by atoms with van der Waals surface area (Å²) in [6.07, 6.45) is 4.71. The van der Waals surface area contributed by atoms with Gasteiger partial charge in [-0.05, 0) is 32.4 Å². The van der Waals surface area contributed by atoms with Gasteiger partial charge in [-0.3, -0.25) is 9.98 Å². The zero-order valence-electron chi connectivity index (χ0n) is 9.03. The molecule has 3 nitrogen and oxygen atoms in total. The molecule has 0 radical (unpaired) electrons. The number of rotatable bonds is 1. The fourth-order valence-corrected chi connectivity index (χ4v) is 2.68. The highest BCUT2D eigenvalue weighted by atomic mass is 32.2. The van der Waals surface area contributed by atoms with Crippen LogP contribution in [0, 0.1) is 0 Å². The van der Waals surface area contributed by atoms with Crippen LogP contribution in [-0.2, 0) is 0 Å². The highest BCUT2D eigenvalue weighted by Gasteiger charge is 2.22. The summed E-state index contributed by atoms with van der Waals surface area (Å²) in [4.78, 5) is 8.71. The van der Waals surface area contributed by atoms with Crippen molar-refractivity contribution < 1.29 is 0 Å². The lowest BCUT2D eigenvalue weighted by Gasteiger charge is -2.26. The molecule has 1 aromatic rings. The second-order valence-electron chi connectivity index (χ2n) is 4.19. The van der Waals surface area contributed by atoms with Gasteiger partial charge in [0.2, 0.25) is 0 Å². The number of hydrogen-bond acceptors (Lipinski definition) is 4. The van der Waals surface area contributed by atoms with Crippen LogP contribution in [0.5, 0.6) is 0 Å². The van der Waals surface area contributed by atoms with E-state index in [1.807, 2.05) is 18.3 Å². The fraction of sp³-hybridized carbons (Fsp3) is 0.455. The van der Waals surface area contributed by atoms with Gasteiger partial charge in [0, 0.05) is 11.9 Å². The maximum atomic E-state index is 4.65. The average Bonchev–Trinajstić information content (AvgIpc) is 2.17. The van der Waals surface area contributed by atoms with Crippen molar-refractivity contribution in [1.29, 1.82) is 0 Å². The van der Waals surface area contributed by atoms with E-state index in [-0.39, 0.29) is 5.54 Å². The number of nitrogens with zero attached hydrogens (tertiary/aromatic N) is 2. The van der Waals surface area contributed by atoms with Crippen molar-refractivity contribution in [2.75, 3.05) is 11.1 Å². The van der Waals surface area contributed by atoms with Crippen LogP contribution in [0.2, 0.25) is 0 Å². The summed E-state index contributed by atoms with van der Waals surface area (Å²) in [7, 11) is 0. The molecule has 0 saturated heterocycles. The van der Waals surface area contributed by atoms with E-state index in [2.05, 4.69) is 29.1 Å². The third-order valence-electron chi connectivity index (χ3n) is 2.27. The summed E-state index contributed by atoms with van der Waals surface area (Å²) in [6, 6.07) is 3.92. The van der Waals surface area contributed by atoms with Gasteiger partial charge in [-0.25, -0.2) is 0 Å². The third-order valence-corrected chi connectivity index (χ3v) is 3.14. The van der Waals surface area contributed by atoms with Crippen LogP contribution >= 0.6 is 11.8 Å². The van der Waals surface area contributed by atoms with Gasteiger partial charge in [-0.15, -0.1) is 0 Å². The SMILES string of the molecule is CC1(C)CCSC(Nc2cccnc2)=N1. The van der Waals surface area contributed by atoms with Gasteiger partial charge in [-0.1, -0.05) is 11.8 Å². The van der Waals surface area contributed by atoms with Crippen LogP contribution in [0.1, 0.15) is 20.3 Å². The Morgan fingerprint density at radius 1 is 1.47 bits per heavy atom. The van der Waals surface area contributed by atoms with Gasteiger partial charge in [0.25, 0.3) is 0 Å². The third kappa shape index (κ3) is 2.96. The summed E-state index contributed by atoms with van der Waals surface area (Å²) in [5, 5.41) is 4.29. The zero-order valence-corrected chi connectivity index (χ0v) is 9.84. The second kappa shape index (κ2) is 4.23. The normalized spacial score (nSPS) is 19.5. The Kier molecular flexibility index (Phi) is 2.95. The molecular weight excluding hydrogens is 206 g/mol. The van der Waals surface area contributed by atoms with Gasteiger partial charge in [0.05, 0.1) is 17.4 Å².